The van der Waals surface area contributed by atoms with Crippen LogP contribution in [0.4, 0.5) is 0 Å². The van der Waals surface area contributed by atoms with Gasteiger partial charge in [0.15, 0.2) is 10.9 Å². The van der Waals surface area contributed by atoms with Crippen LogP contribution in [0.1, 0.15) is 32.3 Å². The molecular formula is C20H18N2OS. The number of carbonyl (C=O) groups excluding carboxylic acids is 1. The van der Waals surface area contributed by atoms with Crippen molar-refractivity contribution in [3.05, 3.63) is 89.2 Å². The van der Waals surface area contributed by atoms with Gasteiger partial charge in [-0.05, 0) is 25.5 Å². The number of aromatic nitrogens is 2. The second-order valence-electron chi connectivity index (χ2n) is 5.67. The summed E-state index contributed by atoms with van der Waals surface area (Å²) in [6.45, 7) is 4.05. The van der Waals surface area contributed by atoms with Crippen LogP contribution in [-0.2, 0) is 0 Å². The number of thioether (sulfide) groups is 1. The molecule has 0 N–H and O–H groups in total. The van der Waals surface area contributed by atoms with E-state index in [0.717, 1.165) is 11.1 Å². The maximum atomic E-state index is 13.1. The third-order valence-electron chi connectivity index (χ3n) is 3.72. The van der Waals surface area contributed by atoms with Gasteiger partial charge in [-0.25, -0.2) is 9.97 Å². The Hall–Kier alpha value is -2.46. The van der Waals surface area contributed by atoms with Gasteiger partial charge in [-0.3, -0.25) is 4.79 Å². The molecule has 1 aromatic heterocycles. The van der Waals surface area contributed by atoms with Crippen LogP contribution in [0.25, 0.3) is 0 Å². The van der Waals surface area contributed by atoms with E-state index in [1.54, 1.807) is 18.5 Å². The second-order valence-corrected chi connectivity index (χ2v) is 6.74. The molecule has 2 aromatic carbocycles. The molecule has 1 atom stereocenters. The number of ketones is 1. The van der Waals surface area contributed by atoms with Crippen LogP contribution >= 0.6 is 11.8 Å². The number of hydrogen-bond acceptors (Lipinski definition) is 4. The van der Waals surface area contributed by atoms with E-state index in [1.807, 2.05) is 62.4 Å². The minimum Gasteiger partial charge on any atom is -0.293 e. The van der Waals surface area contributed by atoms with E-state index < -0.39 is 0 Å². The van der Waals surface area contributed by atoms with Gasteiger partial charge in [-0.2, -0.15) is 0 Å². The topological polar surface area (TPSA) is 42.9 Å². The summed E-state index contributed by atoms with van der Waals surface area (Å²) in [6, 6.07) is 17.5. The van der Waals surface area contributed by atoms with Crippen LogP contribution in [0.2, 0.25) is 0 Å². The highest BCUT2D eigenvalue weighted by Gasteiger charge is 2.24. The number of nitrogens with zero attached hydrogens (tertiary/aromatic N) is 2. The van der Waals surface area contributed by atoms with Gasteiger partial charge in [0, 0.05) is 18.0 Å². The molecule has 3 aromatic rings. The molecule has 4 heteroatoms. The van der Waals surface area contributed by atoms with E-state index in [0.29, 0.717) is 10.7 Å². The summed E-state index contributed by atoms with van der Waals surface area (Å²) in [7, 11) is 0. The Morgan fingerprint density at radius 3 is 2.00 bits per heavy atom. The minimum absolute atomic E-state index is 0.0660. The molecule has 0 aliphatic heterocycles. The first-order valence-corrected chi connectivity index (χ1v) is 8.62. The molecule has 1 heterocycles. The van der Waals surface area contributed by atoms with Gasteiger partial charge in [-0.1, -0.05) is 71.4 Å². The van der Waals surface area contributed by atoms with Crippen molar-refractivity contribution in [1.29, 1.82) is 0 Å². The molecule has 0 radical (unpaired) electrons. The van der Waals surface area contributed by atoms with E-state index in [1.165, 1.54) is 17.3 Å². The number of aryl methyl sites for hydroxylation is 2. The Bertz CT molecular complexity index is 815. The van der Waals surface area contributed by atoms with Gasteiger partial charge in [0.2, 0.25) is 0 Å². The largest absolute Gasteiger partial charge is 0.293 e. The Labute approximate surface area is 146 Å². The van der Waals surface area contributed by atoms with Crippen molar-refractivity contribution in [2.24, 2.45) is 0 Å². The average Bonchev–Trinajstić information content (AvgIpc) is 2.62. The van der Waals surface area contributed by atoms with Crippen molar-refractivity contribution in [2.75, 3.05) is 0 Å². The van der Waals surface area contributed by atoms with Gasteiger partial charge < -0.3 is 0 Å². The number of hydrogen-bond donors (Lipinski definition) is 0. The molecule has 0 fully saturated rings. The van der Waals surface area contributed by atoms with Gasteiger partial charge in [0.05, 0.1) is 0 Å². The Balaban J connectivity index is 1.96. The van der Waals surface area contributed by atoms with Crippen LogP contribution in [0.5, 0.6) is 0 Å². The maximum absolute atomic E-state index is 13.1. The molecule has 0 saturated carbocycles. The number of Topliss-reactive ketones (excluding diaryl/α,β-unsaturated/α-hetero) is 1. The van der Waals surface area contributed by atoms with E-state index in [9.17, 15) is 4.79 Å². The van der Waals surface area contributed by atoms with Crippen molar-refractivity contribution < 1.29 is 4.79 Å². The zero-order valence-corrected chi connectivity index (χ0v) is 14.5. The highest BCUT2D eigenvalue weighted by molar-refractivity contribution is 8.00. The Morgan fingerprint density at radius 2 is 1.42 bits per heavy atom. The first kappa shape index (κ1) is 16.4. The molecule has 0 amide bonds. The molecule has 0 aliphatic rings. The zero-order chi connectivity index (χ0) is 16.9. The first-order valence-electron chi connectivity index (χ1n) is 7.74. The quantitative estimate of drug-likeness (QED) is 0.381. The lowest BCUT2D eigenvalue weighted by Gasteiger charge is -2.15. The van der Waals surface area contributed by atoms with Gasteiger partial charge in [0.1, 0.15) is 5.25 Å². The van der Waals surface area contributed by atoms with Gasteiger partial charge in [0.25, 0.3) is 0 Å². The van der Waals surface area contributed by atoms with E-state index >= 15 is 0 Å². The summed E-state index contributed by atoms with van der Waals surface area (Å²) in [5.41, 5.74) is 3.97. The third-order valence-corrected chi connectivity index (χ3v) is 4.86. The van der Waals surface area contributed by atoms with Crippen LogP contribution in [0, 0.1) is 13.8 Å². The van der Waals surface area contributed by atoms with Crippen molar-refractivity contribution in [3.63, 3.8) is 0 Å². The molecule has 0 aliphatic carbocycles. The van der Waals surface area contributed by atoms with E-state index in [-0.39, 0.29) is 11.0 Å². The van der Waals surface area contributed by atoms with Crippen molar-refractivity contribution in [1.82, 2.24) is 9.97 Å². The summed E-state index contributed by atoms with van der Waals surface area (Å²) in [4.78, 5) is 21.6. The van der Waals surface area contributed by atoms with Gasteiger partial charge >= 0.3 is 0 Å². The van der Waals surface area contributed by atoms with Crippen molar-refractivity contribution in [2.45, 2.75) is 24.3 Å². The summed E-state index contributed by atoms with van der Waals surface area (Å²) < 4.78 is 0. The van der Waals surface area contributed by atoms with Crippen LogP contribution < -0.4 is 0 Å². The van der Waals surface area contributed by atoms with Gasteiger partial charge in [-0.15, -0.1) is 0 Å². The molecule has 3 rings (SSSR count). The second kappa shape index (κ2) is 7.41. The fraction of sp³-hybridized carbons (Fsp3) is 0.150. The lowest BCUT2D eigenvalue weighted by Crippen LogP contribution is -2.10. The van der Waals surface area contributed by atoms with Crippen LogP contribution in [0.3, 0.4) is 0 Å². The fourth-order valence-electron chi connectivity index (χ4n) is 2.34. The molecule has 0 spiro atoms. The maximum Gasteiger partial charge on any atom is 0.188 e. The van der Waals surface area contributed by atoms with Crippen molar-refractivity contribution in [3.8, 4) is 0 Å². The molecule has 1 unspecified atom stereocenters. The van der Waals surface area contributed by atoms with Crippen LogP contribution in [-0.4, -0.2) is 15.8 Å². The first-order chi connectivity index (χ1) is 11.6. The normalized spacial score (nSPS) is 11.9. The Morgan fingerprint density at radius 1 is 0.875 bits per heavy atom. The van der Waals surface area contributed by atoms with Crippen molar-refractivity contribution >= 4 is 17.5 Å². The SMILES string of the molecule is Cc1ccc(C(=O)C(Sc2ncccn2)c2ccc(C)cc2)cc1. The molecule has 120 valence electrons. The molecule has 0 saturated heterocycles. The Kier molecular flexibility index (Phi) is 5.06. The number of rotatable bonds is 5. The summed E-state index contributed by atoms with van der Waals surface area (Å²) >= 11 is 1.38. The molecular weight excluding hydrogens is 316 g/mol. The van der Waals surface area contributed by atoms with E-state index in [4.69, 9.17) is 0 Å². The molecule has 24 heavy (non-hydrogen) atoms. The van der Waals surface area contributed by atoms with Crippen LogP contribution in [0.15, 0.2) is 72.1 Å². The zero-order valence-electron chi connectivity index (χ0n) is 13.6. The lowest BCUT2D eigenvalue weighted by atomic mass is 10.0. The highest BCUT2D eigenvalue weighted by atomic mass is 32.2. The molecule has 0 bridgehead atoms. The summed E-state index contributed by atoms with van der Waals surface area (Å²) in [5.74, 6) is 0.0660. The predicted molar refractivity (Wildman–Crippen MR) is 97.3 cm³/mol. The predicted octanol–water partition coefficient (Wildman–Crippen LogP) is 4.81. The molecule has 3 nitrogen and oxygen atoms in total. The van der Waals surface area contributed by atoms with E-state index in [2.05, 4.69) is 9.97 Å². The summed E-state index contributed by atoms with van der Waals surface area (Å²) in [6.07, 6.45) is 3.38. The smallest absolute Gasteiger partial charge is 0.188 e. The fourth-order valence-corrected chi connectivity index (χ4v) is 3.33. The average molecular weight is 334 g/mol. The number of carbonyl (C=O) groups is 1. The summed E-state index contributed by atoms with van der Waals surface area (Å²) in [5, 5.41) is 0.235. The number of benzene rings is 2. The minimum atomic E-state index is -0.365. The standard InChI is InChI=1S/C20H18N2OS/c1-14-4-8-16(9-5-14)18(23)19(17-10-6-15(2)7-11-17)24-20-21-12-3-13-22-20/h3-13,19H,1-2H3. The monoisotopic (exact) mass is 334 g/mol. The highest BCUT2D eigenvalue weighted by Crippen LogP contribution is 2.36. The lowest BCUT2D eigenvalue weighted by molar-refractivity contribution is 0.0989. The third kappa shape index (κ3) is 3.89.